The van der Waals surface area contributed by atoms with Gasteiger partial charge in [-0.3, -0.25) is 5.26 Å². The average molecular weight is 196 g/mol. The van der Waals surface area contributed by atoms with E-state index >= 15 is 0 Å². The summed E-state index contributed by atoms with van der Waals surface area (Å²) < 4.78 is 4.61. The van der Waals surface area contributed by atoms with Gasteiger partial charge >= 0.3 is 0 Å². The van der Waals surface area contributed by atoms with E-state index in [9.17, 15) is 5.11 Å². The number of hydrogen-bond donors (Lipinski definition) is 5. The first-order chi connectivity index (χ1) is 6.11. The van der Waals surface area contributed by atoms with Crippen LogP contribution in [0.1, 0.15) is 0 Å². The van der Waals surface area contributed by atoms with Crippen LogP contribution in [0, 0.1) is 0 Å². The molecule has 13 heavy (non-hydrogen) atoms. The molecule has 7 nitrogen and oxygen atoms in total. The van der Waals surface area contributed by atoms with Crippen molar-refractivity contribution in [2.24, 2.45) is 0 Å². The molecule has 1 heterocycles. The van der Waals surface area contributed by atoms with Crippen molar-refractivity contribution >= 4 is 0 Å². The van der Waals surface area contributed by atoms with Crippen molar-refractivity contribution in [3.8, 4) is 0 Å². The molecule has 1 aliphatic heterocycles. The molecule has 0 spiro atoms. The van der Waals surface area contributed by atoms with Gasteiger partial charge in [0.1, 0.15) is 18.3 Å². The Morgan fingerprint density at radius 1 is 1.15 bits per heavy atom. The monoisotopic (exact) mass is 196 g/mol. The van der Waals surface area contributed by atoms with Crippen molar-refractivity contribution in [1.29, 1.82) is 0 Å². The van der Waals surface area contributed by atoms with E-state index in [1.807, 2.05) is 0 Å². The number of rotatable bonds is 2. The Labute approximate surface area is 73.7 Å². The summed E-state index contributed by atoms with van der Waals surface area (Å²) in [6, 6.07) is 0. The van der Waals surface area contributed by atoms with Crippen molar-refractivity contribution in [3.05, 3.63) is 0 Å². The second kappa shape index (κ2) is 4.29. The second-order valence-electron chi connectivity index (χ2n) is 2.80. The van der Waals surface area contributed by atoms with Crippen LogP contribution in [-0.2, 0) is 9.62 Å². The molecular formula is C6H12O7. The van der Waals surface area contributed by atoms with Crippen LogP contribution in [0.4, 0.5) is 0 Å². The van der Waals surface area contributed by atoms with E-state index in [1.54, 1.807) is 0 Å². The van der Waals surface area contributed by atoms with E-state index < -0.39 is 37.3 Å². The van der Waals surface area contributed by atoms with Crippen LogP contribution in [0.5, 0.6) is 0 Å². The summed E-state index contributed by atoms with van der Waals surface area (Å²) >= 11 is 0. The molecule has 0 aromatic rings. The first-order valence-corrected chi connectivity index (χ1v) is 3.72. The third-order valence-electron chi connectivity index (χ3n) is 1.96. The molecular weight excluding hydrogens is 184 g/mol. The normalized spacial score (nSPS) is 46.4. The highest BCUT2D eigenvalue weighted by Crippen LogP contribution is 2.21. The number of hydrogen-bond acceptors (Lipinski definition) is 7. The Balaban J connectivity index is 2.69. The molecule has 0 aromatic carbocycles. The van der Waals surface area contributed by atoms with Crippen molar-refractivity contribution in [2.75, 3.05) is 6.61 Å². The summed E-state index contributed by atoms with van der Waals surface area (Å²) in [6.07, 6.45) is -7.02. The molecule has 0 saturated carbocycles. The molecule has 0 unspecified atom stereocenters. The van der Waals surface area contributed by atoms with E-state index in [0.717, 1.165) is 0 Å². The van der Waals surface area contributed by atoms with E-state index in [-0.39, 0.29) is 0 Å². The first kappa shape index (κ1) is 10.8. The van der Waals surface area contributed by atoms with Gasteiger partial charge in [-0.1, -0.05) is 0 Å². The highest BCUT2D eigenvalue weighted by Gasteiger charge is 2.44. The molecule has 0 bridgehead atoms. The Hall–Kier alpha value is -0.280. The van der Waals surface area contributed by atoms with Crippen LogP contribution >= 0.6 is 0 Å². The Kier molecular flexibility index (Phi) is 3.56. The van der Waals surface area contributed by atoms with Crippen LogP contribution in [0.2, 0.25) is 0 Å². The molecule has 1 rings (SSSR count). The summed E-state index contributed by atoms with van der Waals surface area (Å²) in [6.45, 7) is -0.551. The van der Waals surface area contributed by atoms with Gasteiger partial charge in [0.2, 0.25) is 0 Å². The lowest BCUT2D eigenvalue weighted by molar-refractivity contribution is -0.372. The maximum absolute atomic E-state index is 9.28. The third-order valence-corrected chi connectivity index (χ3v) is 1.96. The highest BCUT2D eigenvalue weighted by molar-refractivity contribution is 4.88. The zero-order chi connectivity index (χ0) is 10.0. The minimum Gasteiger partial charge on any atom is -0.394 e. The lowest BCUT2D eigenvalue weighted by Gasteiger charge is -2.38. The van der Waals surface area contributed by atoms with Gasteiger partial charge < -0.3 is 25.2 Å². The highest BCUT2D eigenvalue weighted by atomic mass is 17.1. The van der Waals surface area contributed by atoms with E-state index in [0.29, 0.717) is 0 Å². The lowest BCUT2D eigenvalue weighted by atomic mass is 9.99. The minimum absolute atomic E-state index is 0.551. The SMILES string of the molecule is OC[C@H]1O[C@@H](O)[C@H](O)[C@@H](OO)[C@@H]1O. The van der Waals surface area contributed by atoms with Crippen molar-refractivity contribution in [3.63, 3.8) is 0 Å². The molecule has 1 fully saturated rings. The fourth-order valence-electron chi connectivity index (χ4n) is 1.19. The molecule has 0 amide bonds. The van der Waals surface area contributed by atoms with Gasteiger partial charge in [-0.25, -0.2) is 4.89 Å². The molecule has 1 saturated heterocycles. The summed E-state index contributed by atoms with van der Waals surface area (Å²) in [5.74, 6) is 0. The van der Waals surface area contributed by atoms with E-state index in [4.69, 9.17) is 20.6 Å². The lowest BCUT2D eigenvalue weighted by Crippen LogP contribution is -2.59. The van der Waals surface area contributed by atoms with Crippen LogP contribution < -0.4 is 0 Å². The van der Waals surface area contributed by atoms with E-state index in [2.05, 4.69) is 9.62 Å². The maximum atomic E-state index is 9.28. The van der Waals surface area contributed by atoms with Gasteiger partial charge in [0.05, 0.1) is 6.61 Å². The first-order valence-electron chi connectivity index (χ1n) is 3.72. The molecule has 5 atom stereocenters. The van der Waals surface area contributed by atoms with Gasteiger partial charge in [0.15, 0.2) is 12.4 Å². The molecule has 0 aliphatic carbocycles. The largest absolute Gasteiger partial charge is 0.394 e. The van der Waals surface area contributed by atoms with Gasteiger partial charge in [0, 0.05) is 0 Å². The van der Waals surface area contributed by atoms with Gasteiger partial charge in [-0.05, 0) is 0 Å². The van der Waals surface area contributed by atoms with Crippen LogP contribution in [0.3, 0.4) is 0 Å². The molecule has 0 aromatic heterocycles. The zero-order valence-corrected chi connectivity index (χ0v) is 6.65. The summed E-state index contributed by atoms with van der Waals surface area (Å²) in [7, 11) is 0. The van der Waals surface area contributed by atoms with Crippen LogP contribution in [0.25, 0.3) is 0 Å². The smallest absolute Gasteiger partial charge is 0.184 e. The summed E-state index contributed by atoms with van der Waals surface area (Å²) in [4.78, 5) is 3.77. The fourth-order valence-corrected chi connectivity index (χ4v) is 1.19. The Morgan fingerprint density at radius 3 is 2.23 bits per heavy atom. The quantitative estimate of drug-likeness (QED) is 0.240. The predicted molar refractivity (Wildman–Crippen MR) is 37.5 cm³/mol. The summed E-state index contributed by atoms with van der Waals surface area (Å²) in [5.41, 5.74) is 0. The number of ether oxygens (including phenoxy) is 1. The van der Waals surface area contributed by atoms with Crippen LogP contribution in [0.15, 0.2) is 0 Å². The van der Waals surface area contributed by atoms with Gasteiger partial charge in [-0.2, -0.15) is 0 Å². The summed E-state index contributed by atoms with van der Waals surface area (Å²) in [5, 5.41) is 44.4. The Bertz CT molecular complexity index is 163. The fraction of sp³-hybridized carbons (Fsp3) is 1.00. The van der Waals surface area contributed by atoms with Gasteiger partial charge in [-0.15, -0.1) is 0 Å². The average Bonchev–Trinajstić information content (AvgIpc) is 2.12. The van der Waals surface area contributed by atoms with Crippen molar-refractivity contribution < 1.29 is 35.3 Å². The van der Waals surface area contributed by atoms with Crippen molar-refractivity contribution in [2.45, 2.75) is 30.7 Å². The minimum atomic E-state index is -1.60. The maximum Gasteiger partial charge on any atom is 0.184 e. The molecule has 5 N–H and O–H groups in total. The van der Waals surface area contributed by atoms with Crippen molar-refractivity contribution in [1.82, 2.24) is 0 Å². The second-order valence-corrected chi connectivity index (χ2v) is 2.80. The molecule has 7 heteroatoms. The third kappa shape index (κ3) is 1.97. The number of aliphatic hydroxyl groups excluding tert-OH is 4. The standard InChI is InChI=1S/C6H12O7/c7-1-2-3(8)5(13-11)4(9)6(10)12-2/h2-11H,1H2/t2-,3-,4-,5+,6-/m1/s1. The topological polar surface area (TPSA) is 120 Å². The molecule has 1 aliphatic rings. The number of aliphatic hydroxyl groups is 4. The predicted octanol–water partition coefficient (Wildman–Crippen LogP) is -2.72. The zero-order valence-electron chi connectivity index (χ0n) is 6.65. The van der Waals surface area contributed by atoms with E-state index in [1.165, 1.54) is 0 Å². The molecule has 78 valence electrons. The van der Waals surface area contributed by atoms with Gasteiger partial charge in [0.25, 0.3) is 0 Å². The molecule has 0 radical (unpaired) electrons. The Morgan fingerprint density at radius 2 is 1.77 bits per heavy atom. The van der Waals surface area contributed by atoms with Crippen LogP contribution in [-0.4, -0.2) is 63.0 Å².